The maximum absolute atomic E-state index is 12.2. The summed E-state index contributed by atoms with van der Waals surface area (Å²) >= 11 is 0. The van der Waals surface area contributed by atoms with Gasteiger partial charge in [0.05, 0.1) is 6.10 Å². The average molecular weight is 270 g/mol. The fourth-order valence-electron chi connectivity index (χ4n) is 2.59. The van der Waals surface area contributed by atoms with Gasteiger partial charge in [-0.15, -0.1) is 0 Å². The third-order valence-electron chi connectivity index (χ3n) is 4.27. The van der Waals surface area contributed by atoms with Gasteiger partial charge in [0, 0.05) is 20.2 Å². The number of nitrogens with zero attached hydrogens (tertiary/aromatic N) is 1. The molecule has 1 unspecified atom stereocenters. The monoisotopic (exact) mass is 270 g/mol. The lowest BCUT2D eigenvalue weighted by atomic mass is 9.96. The first kappa shape index (κ1) is 14.1. The SMILES string of the molecule is COC1CCN(C(=O)NC(C)(C(=O)O)C2CC2)CC1. The Morgan fingerprint density at radius 2 is 1.84 bits per heavy atom. The molecular weight excluding hydrogens is 248 g/mol. The minimum atomic E-state index is -1.13. The van der Waals surface area contributed by atoms with Crippen molar-refractivity contribution in [2.24, 2.45) is 5.92 Å². The highest BCUT2D eigenvalue weighted by atomic mass is 16.5. The molecule has 1 heterocycles. The molecule has 1 saturated carbocycles. The minimum Gasteiger partial charge on any atom is -0.480 e. The fraction of sp³-hybridized carbons (Fsp3) is 0.846. The van der Waals surface area contributed by atoms with Crippen LogP contribution in [-0.4, -0.2) is 53.8 Å². The molecule has 2 rings (SSSR count). The van der Waals surface area contributed by atoms with Crippen LogP contribution in [0.5, 0.6) is 0 Å². The zero-order valence-electron chi connectivity index (χ0n) is 11.5. The smallest absolute Gasteiger partial charge is 0.329 e. The van der Waals surface area contributed by atoms with Crippen molar-refractivity contribution in [1.82, 2.24) is 10.2 Å². The molecule has 0 bridgehead atoms. The van der Waals surface area contributed by atoms with Gasteiger partial charge in [-0.3, -0.25) is 0 Å². The maximum Gasteiger partial charge on any atom is 0.329 e. The van der Waals surface area contributed by atoms with Crippen LogP contribution in [0.2, 0.25) is 0 Å². The van der Waals surface area contributed by atoms with Crippen molar-refractivity contribution in [1.29, 1.82) is 0 Å². The molecule has 0 spiro atoms. The molecule has 2 amide bonds. The quantitative estimate of drug-likeness (QED) is 0.800. The Morgan fingerprint density at radius 1 is 1.26 bits per heavy atom. The number of urea groups is 1. The number of rotatable bonds is 4. The van der Waals surface area contributed by atoms with Crippen molar-refractivity contribution in [3.8, 4) is 0 Å². The number of carboxylic acid groups (broad SMARTS) is 1. The Morgan fingerprint density at radius 3 is 2.26 bits per heavy atom. The van der Waals surface area contributed by atoms with Crippen LogP contribution in [0, 0.1) is 5.92 Å². The molecule has 1 atom stereocenters. The van der Waals surface area contributed by atoms with E-state index in [0.717, 1.165) is 25.7 Å². The predicted molar refractivity (Wildman–Crippen MR) is 68.9 cm³/mol. The Labute approximate surface area is 113 Å². The zero-order chi connectivity index (χ0) is 14.0. The van der Waals surface area contributed by atoms with E-state index in [0.29, 0.717) is 13.1 Å². The molecule has 6 nitrogen and oxygen atoms in total. The number of aliphatic carboxylic acids is 1. The lowest BCUT2D eigenvalue weighted by Gasteiger charge is -2.34. The number of likely N-dealkylation sites (tertiary alicyclic amines) is 1. The van der Waals surface area contributed by atoms with E-state index in [9.17, 15) is 14.7 Å². The van der Waals surface area contributed by atoms with Gasteiger partial charge in [-0.2, -0.15) is 0 Å². The molecule has 2 aliphatic rings. The van der Waals surface area contributed by atoms with Crippen LogP contribution < -0.4 is 5.32 Å². The van der Waals surface area contributed by atoms with Crippen molar-refractivity contribution in [2.45, 2.75) is 44.2 Å². The standard InChI is InChI=1S/C13H22N2O4/c1-13(11(16)17,9-3-4-9)14-12(18)15-7-5-10(19-2)6-8-15/h9-10H,3-8H2,1-2H3,(H,14,18)(H,16,17). The number of carbonyl (C=O) groups excluding carboxylic acids is 1. The predicted octanol–water partition coefficient (Wildman–Crippen LogP) is 1.06. The highest BCUT2D eigenvalue weighted by Gasteiger charge is 2.49. The van der Waals surface area contributed by atoms with Crippen molar-refractivity contribution in [3.63, 3.8) is 0 Å². The van der Waals surface area contributed by atoms with Gasteiger partial charge in [-0.1, -0.05) is 0 Å². The van der Waals surface area contributed by atoms with Crippen LogP contribution in [-0.2, 0) is 9.53 Å². The first-order valence-corrected chi connectivity index (χ1v) is 6.80. The van der Waals surface area contributed by atoms with Crippen LogP contribution in [0.1, 0.15) is 32.6 Å². The summed E-state index contributed by atoms with van der Waals surface area (Å²) in [4.78, 5) is 25.2. The highest BCUT2D eigenvalue weighted by Crippen LogP contribution is 2.39. The summed E-state index contributed by atoms with van der Waals surface area (Å²) in [5.74, 6) is -0.888. The Hall–Kier alpha value is -1.30. The lowest BCUT2D eigenvalue weighted by Crippen LogP contribution is -2.58. The summed E-state index contributed by atoms with van der Waals surface area (Å²) < 4.78 is 5.25. The maximum atomic E-state index is 12.2. The van der Waals surface area contributed by atoms with E-state index >= 15 is 0 Å². The van der Waals surface area contributed by atoms with Gasteiger partial charge < -0.3 is 20.1 Å². The van der Waals surface area contributed by atoms with E-state index in [1.54, 1.807) is 18.9 Å². The molecule has 0 aromatic rings. The molecule has 2 N–H and O–H groups in total. The number of nitrogens with one attached hydrogen (secondary N) is 1. The lowest BCUT2D eigenvalue weighted by molar-refractivity contribution is -0.144. The van der Waals surface area contributed by atoms with Gasteiger partial charge in [0.25, 0.3) is 0 Å². The van der Waals surface area contributed by atoms with Gasteiger partial charge in [-0.05, 0) is 38.5 Å². The second-order valence-electron chi connectivity index (χ2n) is 5.63. The zero-order valence-corrected chi connectivity index (χ0v) is 11.5. The van der Waals surface area contributed by atoms with Crippen LogP contribution in [0.4, 0.5) is 4.79 Å². The molecule has 108 valence electrons. The summed E-state index contributed by atoms with van der Waals surface area (Å²) in [5.41, 5.74) is -1.13. The van der Waals surface area contributed by atoms with Crippen LogP contribution in [0.3, 0.4) is 0 Å². The number of carboxylic acids is 1. The summed E-state index contributed by atoms with van der Waals surface area (Å²) in [6.45, 7) is 2.84. The number of amides is 2. The van der Waals surface area contributed by atoms with Gasteiger partial charge in [0.1, 0.15) is 5.54 Å². The molecule has 1 saturated heterocycles. The number of carbonyl (C=O) groups is 2. The van der Waals surface area contributed by atoms with Crippen LogP contribution >= 0.6 is 0 Å². The van der Waals surface area contributed by atoms with E-state index in [4.69, 9.17) is 4.74 Å². The first-order chi connectivity index (χ1) is 8.97. The third-order valence-corrected chi connectivity index (χ3v) is 4.27. The summed E-state index contributed by atoms with van der Waals surface area (Å²) in [6.07, 6.45) is 3.55. The van der Waals surface area contributed by atoms with Gasteiger partial charge in [0.15, 0.2) is 0 Å². The Balaban J connectivity index is 1.91. The number of piperidine rings is 1. The summed E-state index contributed by atoms with van der Waals surface area (Å²) in [7, 11) is 1.68. The second-order valence-corrected chi connectivity index (χ2v) is 5.63. The van der Waals surface area contributed by atoms with Crippen molar-refractivity contribution < 1.29 is 19.4 Å². The van der Waals surface area contributed by atoms with Gasteiger partial charge in [0.2, 0.25) is 0 Å². The molecule has 0 radical (unpaired) electrons. The van der Waals surface area contributed by atoms with Gasteiger partial charge in [-0.25, -0.2) is 9.59 Å². The molecule has 0 aromatic heterocycles. The number of hydrogen-bond donors (Lipinski definition) is 2. The normalized spacial score (nSPS) is 23.8. The third kappa shape index (κ3) is 3.00. The van der Waals surface area contributed by atoms with Crippen LogP contribution in [0.25, 0.3) is 0 Å². The topological polar surface area (TPSA) is 78.9 Å². The van der Waals surface area contributed by atoms with Crippen LogP contribution in [0.15, 0.2) is 0 Å². The molecule has 19 heavy (non-hydrogen) atoms. The largest absolute Gasteiger partial charge is 0.480 e. The molecule has 2 fully saturated rings. The van der Waals surface area contributed by atoms with E-state index in [1.165, 1.54) is 0 Å². The minimum absolute atomic E-state index is 0.0606. The van der Waals surface area contributed by atoms with E-state index in [-0.39, 0.29) is 18.1 Å². The number of methoxy groups -OCH3 is 1. The Kier molecular flexibility index (Phi) is 3.99. The van der Waals surface area contributed by atoms with E-state index in [2.05, 4.69) is 5.32 Å². The average Bonchev–Trinajstić information content (AvgIpc) is 3.23. The molecule has 6 heteroatoms. The summed E-state index contributed by atoms with van der Waals surface area (Å²) in [5, 5.41) is 12.0. The fourth-order valence-corrected chi connectivity index (χ4v) is 2.59. The van der Waals surface area contributed by atoms with Gasteiger partial charge >= 0.3 is 12.0 Å². The number of hydrogen-bond acceptors (Lipinski definition) is 3. The molecule has 0 aromatic carbocycles. The molecular formula is C13H22N2O4. The molecule has 1 aliphatic heterocycles. The van der Waals surface area contributed by atoms with Crippen molar-refractivity contribution >= 4 is 12.0 Å². The Bertz CT molecular complexity index is 362. The summed E-state index contributed by atoms with van der Waals surface area (Å²) in [6, 6.07) is -0.272. The number of ether oxygens (including phenoxy) is 1. The van der Waals surface area contributed by atoms with E-state index < -0.39 is 11.5 Å². The van der Waals surface area contributed by atoms with Crippen molar-refractivity contribution in [3.05, 3.63) is 0 Å². The highest BCUT2D eigenvalue weighted by molar-refractivity contribution is 5.86. The second kappa shape index (κ2) is 5.36. The molecule has 1 aliphatic carbocycles. The van der Waals surface area contributed by atoms with E-state index in [1.807, 2.05) is 0 Å². The first-order valence-electron chi connectivity index (χ1n) is 6.80. The van der Waals surface area contributed by atoms with Crippen molar-refractivity contribution in [2.75, 3.05) is 20.2 Å².